The van der Waals surface area contributed by atoms with Crippen molar-refractivity contribution in [1.29, 1.82) is 0 Å². The molecule has 0 atom stereocenters. The molecule has 1 rings (SSSR count). The molecule has 0 spiro atoms. The topological polar surface area (TPSA) is 0 Å². The van der Waals surface area contributed by atoms with Crippen molar-refractivity contribution < 1.29 is 22.4 Å². The van der Waals surface area contributed by atoms with E-state index in [0.717, 1.165) is 0 Å². The van der Waals surface area contributed by atoms with Gasteiger partial charge in [0.1, 0.15) is 0 Å². The molecule has 0 radical (unpaired) electrons. The second kappa shape index (κ2) is 4.25. The van der Waals surface area contributed by atoms with Crippen molar-refractivity contribution in [2.24, 2.45) is 0 Å². The minimum absolute atomic E-state index is 0. The molecular formula is C4H8AuS+. The molecule has 0 unspecified atom stereocenters. The van der Waals surface area contributed by atoms with Gasteiger partial charge in [-0.15, -0.1) is 0 Å². The number of hydrogen-bond donors (Lipinski definition) is 0. The predicted molar refractivity (Wildman–Crippen MR) is 26.6 cm³/mol. The quantitative estimate of drug-likeness (QED) is 0.608. The summed E-state index contributed by atoms with van der Waals surface area (Å²) in [4.78, 5) is 0. The summed E-state index contributed by atoms with van der Waals surface area (Å²) in [6.45, 7) is 0. The Morgan fingerprint density at radius 3 is 1.67 bits per heavy atom. The third-order valence-corrected chi connectivity index (χ3v) is 1.98. The molecule has 1 saturated heterocycles. The molecule has 0 aromatic heterocycles. The number of thioether (sulfide) groups is 1. The molecule has 1 aliphatic heterocycles. The summed E-state index contributed by atoms with van der Waals surface area (Å²) in [5.74, 6) is 2.83. The van der Waals surface area contributed by atoms with Crippen molar-refractivity contribution in [3.05, 3.63) is 0 Å². The van der Waals surface area contributed by atoms with E-state index in [1.807, 2.05) is 0 Å². The molecule has 0 saturated carbocycles. The minimum Gasteiger partial charge on any atom is -0.162 e. The molecule has 40 valence electrons. The van der Waals surface area contributed by atoms with Crippen molar-refractivity contribution in [3.63, 3.8) is 0 Å². The average Bonchev–Trinajstić information content (AvgIpc) is 1.76. The molecule has 0 aromatic rings. The van der Waals surface area contributed by atoms with Gasteiger partial charge in [-0.25, -0.2) is 0 Å². The average molecular weight is 285 g/mol. The Kier molecular flexibility index (Phi) is 5.03. The van der Waals surface area contributed by atoms with E-state index in [1.54, 1.807) is 0 Å². The van der Waals surface area contributed by atoms with Crippen LogP contribution in [0.3, 0.4) is 0 Å². The van der Waals surface area contributed by atoms with Crippen LogP contribution in [-0.4, -0.2) is 11.5 Å². The Labute approximate surface area is 58.6 Å². The Morgan fingerprint density at radius 1 is 1.00 bits per heavy atom. The van der Waals surface area contributed by atoms with Gasteiger partial charge >= 0.3 is 22.4 Å². The van der Waals surface area contributed by atoms with Crippen molar-refractivity contribution in [1.82, 2.24) is 0 Å². The second-order valence-electron chi connectivity index (χ2n) is 1.32. The molecule has 0 bridgehead atoms. The summed E-state index contributed by atoms with van der Waals surface area (Å²) < 4.78 is 0. The monoisotopic (exact) mass is 285 g/mol. The molecule has 1 heterocycles. The first kappa shape index (κ1) is 7.09. The van der Waals surface area contributed by atoms with E-state index in [9.17, 15) is 0 Å². The SMILES string of the molecule is C1CCSC1.[Au+]. The molecular weight excluding hydrogens is 277 g/mol. The van der Waals surface area contributed by atoms with Crippen LogP contribution in [-0.2, 0) is 22.4 Å². The Balaban J connectivity index is 0.000000250. The van der Waals surface area contributed by atoms with E-state index in [4.69, 9.17) is 0 Å². The first-order chi connectivity index (χ1) is 2.50. The maximum atomic E-state index is 2.07. The fourth-order valence-corrected chi connectivity index (χ4v) is 1.53. The van der Waals surface area contributed by atoms with Crippen molar-refractivity contribution >= 4 is 11.8 Å². The zero-order chi connectivity index (χ0) is 3.54. The van der Waals surface area contributed by atoms with Crippen molar-refractivity contribution in [2.75, 3.05) is 11.5 Å². The Morgan fingerprint density at radius 2 is 1.50 bits per heavy atom. The maximum absolute atomic E-state index is 2.07. The molecule has 1 fully saturated rings. The molecule has 6 heavy (non-hydrogen) atoms. The summed E-state index contributed by atoms with van der Waals surface area (Å²) in [5.41, 5.74) is 0. The summed E-state index contributed by atoms with van der Waals surface area (Å²) in [7, 11) is 0. The molecule has 0 amide bonds. The van der Waals surface area contributed by atoms with Crippen LogP contribution in [0.4, 0.5) is 0 Å². The smallest absolute Gasteiger partial charge is 0.162 e. The van der Waals surface area contributed by atoms with E-state index in [2.05, 4.69) is 11.8 Å². The van der Waals surface area contributed by atoms with Gasteiger partial charge in [-0.2, -0.15) is 11.8 Å². The van der Waals surface area contributed by atoms with Gasteiger partial charge in [-0.1, -0.05) is 0 Å². The van der Waals surface area contributed by atoms with E-state index in [-0.39, 0.29) is 22.4 Å². The molecule has 0 nitrogen and oxygen atoms in total. The Hall–Kier alpha value is 1.09. The third kappa shape index (κ3) is 2.30. The van der Waals surface area contributed by atoms with Crippen LogP contribution >= 0.6 is 11.8 Å². The largest absolute Gasteiger partial charge is 1.00 e. The first-order valence-electron chi connectivity index (χ1n) is 2.08. The summed E-state index contributed by atoms with van der Waals surface area (Å²) in [6.07, 6.45) is 2.93. The van der Waals surface area contributed by atoms with Crippen LogP contribution in [0.25, 0.3) is 0 Å². The van der Waals surface area contributed by atoms with Gasteiger partial charge in [0.15, 0.2) is 0 Å². The van der Waals surface area contributed by atoms with Gasteiger partial charge in [-0.05, 0) is 24.3 Å². The molecule has 2 heteroatoms. The summed E-state index contributed by atoms with van der Waals surface area (Å²) in [5, 5.41) is 0. The summed E-state index contributed by atoms with van der Waals surface area (Å²) >= 11 is 2.07. The van der Waals surface area contributed by atoms with Crippen LogP contribution in [0.2, 0.25) is 0 Å². The zero-order valence-electron chi connectivity index (χ0n) is 3.54. The van der Waals surface area contributed by atoms with Crippen molar-refractivity contribution in [3.8, 4) is 0 Å². The number of rotatable bonds is 0. The van der Waals surface area contributed by atoms with Gasteiger partial charge in [0.05, 0.1) is 0 Å². The van der Waals surface area contributed by atoms with Crippen LogP contribution in [0, 0.1) is 0 Å². The summed E-state index contributed by atoms with van der Waals surface area (Å²) in [6, 6.07) is 0. The standard InChI is InChI=1S/C4H8S.Au/c1-2-4-5-3-1;/h1-4H2;/q;+1. The first-order valence-corrected chi connectivity index (χ1v) is 3.23. The third-order valence-electron chi connectivity index (χ3n) is 0.827. The van der Waals surface area contributed by atoms with E-state index in [0.29, 0.717) is 0 Å². The zero-order valence-corrected chi connectivity index (χ0v) is 6.52. The number of hydrogen-bond acceptors (Lipinski definition) is 1. The van der Waals surface area contributed by atoms with E-state index >= 15 is 0 Å². The van der Waals surface area contributed by atoms with Gasteiger partial charge in [0, 0.05) is 0 Å². The fourth-order valence-electron chi connectivity index (χ4n) is 0.510. The van der Waals surface area contributed by atoms with Crippen LogP contribution in [0.1, 0.15) is 12.8 Å². The van der Waals surface area contributed by atoms with Gasteiger partial charge in [0.25, 0.3) is 0 Å². The molecule has 1 aliphatic rings. The second-order valence-corrected chi connectivity index (χ2v) is 2.54. The Bertz CT molecular complexity index is 19.1. The van der Waals surface area contributed by atoms with Gasteiger partial charge in [0.2, 0.25) is 0 Å². The molecule has 0 aromatic carbocycles. The van der Waals surface area contributed by atoms with Crippen LogP contribution in [0.15, 0.2) is 0 Å². The van der Waals surface area contributed by atoms with Gasteiger partial charge in [-0.3, -0.25) is 0 Å². The predicted octanol–water partition coefficient (Wildman–Crippen LogP) is 1.51. The molecule has 0 N–H and O–H groups in total. The van der Waals surface area contributed by atoms with Crippen molar-refractivity contribution in [2.45, 2.75) is 12.8 Å². The van der Waals surface area contributed by atoms with E-state index < -0.39 is 0 Å². The van der Waals surface area contributed by atoms with Crippen LogP contribution < -0.4 is 0 Å². The maximum Gasteiger partial charge on any atom is 1.00 e. The minimum atomic E-state index is 0. The van der Waals surface area contributed by atoms with E-state index in [1.165, 1.54) is 24.3 Å². The normalized spacial score (nSPS) is 20.0. The van der Waals surface area contributed by atoms with Gasteiger partial charge < -0.3 is 0 Å². The fraction of sp³-hybridized carbons (Fsp3) is 1.00. The van der Waals surface area contributed by atoms with Crippen LogP contribution in [0.5, 0.6) is 0 Å². The molecule has 0 aliphatic carbocycles.